The minimum atomic E-state index is -3.55. The first-order valence-electron chi connectivity index (χ1n) is 5.66. The average molecular weight is 376 g/mol. The second kappa shape index (κ2) is 6.03. The summed E-state index contributed by atoms with van der Waals surface area (Å²) < 4.78 is 27.4. The maximum atomic E-state index is 12.1. The van der Waals surface area contributed by atoms with Gasteiger partial charge in [0.05, 0.1) is 16.5 Å². The third kappa shape index (κ3) is 4.13. The number of nitrogen functional groups attached to an aromatic ring is 1. The Morgan fingerprint density at radius 2 is 1.95 bits per heavy atom. The molecule has 7 heteroatoms. The number of hydrogen-bond donors (Lipinski definition) is 2. The molecule has 0 aliphatic carbocycles. The number of hydrogen-bond acceptors (Lipinski definition) is 3. The molecule has 2 rings (SSSR count). The van der Waals surface area contributed by atoms with Crippen molar-refractivity contribution < 1.29 is 8.42 Å². The van der Waals surface area contributed by atoms with E-state index >= 15 is 0 Å². The molecule has 0 unspecified atom stereocenters. The normalized spacial score (nSPS) is 11.3. The largest absolute Gasteiger partial charge is 0.399 e. The minimum absolute atomic E-state index is 0.162. The Morgan fingerprint density at radius 1 is 1.20 bits per heavy atom. The van der Waals surface area contributed by atoms with E-state index in [9.17, 15) is 8.42 Å². The Kier molecular flexibility index (Phi) is 4.57. The summed E-state index contributed by atoms with van der Waals surface area (Å²) in [7, 11) is -3.55. The molecule has 0 saturated carbocycles. The standard InChI is InChI=1S/C13H12BrClN2O2S/c14-10-4-5-13(12(15)7-10)17-20(18,19)8-9-2-1-3-11(16)6-9/h1-7,17H,8,16H2. The fourth-order valence-electron chi connectivity index (χ4n) is 1.68. The Morgan fingerprint density at radius 3 is 2.60 bits per heavy atom. The van der Waals surface area contributed by atoms with Crippen molar-refractivity contribution >= 4 is 48.9 Å². The van der Waals surface area contributed by atoms with Gasteiger partial charge in [0.25, 0.3) is 0 Å². The van der Waals surface area contributed by atoms with Crippen molar-refractivity contribution in [3.8, 4) is 0 Å². The van der Waals surface area contributed by atoms with Crippen LogP contribution in [0.1, 0.15) is 5.56 Å². The van der Waals surface area contributed by atoms with Gasteiger partial charge in [-0.15, -0.1) is 0 Å². The Balaban J connectivity index is 2.19. The van der Waals surface area contributed by atoms with Crippen molar-refractivity contribution in [2.75, 3.05) is 10.5 Å². The van der Waals surface area contributed by atoms with Crippen LogP contribution in [0.3, 0.4) is 0 Å². The lowest BCUT2D eigenvalue weighted by Gasteiger charge is -2.10. The van der Waals surface area contributed by atoms with Crippen molar-refractivity contribution in [1.29, 1.82) is 0 Å². The predicted octanol–water partition coefficient (Wildman–Crippen LogP) is 3.63. The zero-order chi connectivity index (χ0) is 14.8. The first-order valence-corrected chi connectivity index (χ1v) is 8.48. The smallest absolute Gasteiger partial charge is 0.236 e. The van der Waals surface area contributed by atoms with Gasteiger partial charge in [0.2, 0.25) is 10.0 Å². The number of sulfonamides is 1. The van der Waals surface area contributed by atoms with Crippen LogP contribution < -0.4 is 10.5 Å². The molecule has 2 aromatic carbocycles. The van der Waals surface area contributed by atoms with Crippen molar-refractivity contribution in [2.24, 2.45) is 0 Å². The molecule has 0 aliphatic rings. The molecule has 0 bridgehead atoms. The number of rotatable bonds is 4. The van der Waals surface area contributed by atoms with E-state index < -0.39 is 10.0 Å². The zero-order valence-electron chi connectivity index (χ0n) is 10.3. The van der Waals surface area contributed by atoms with Gasteiger partial charge < -0.3 is 5.73 Å². The second-order valence-electron chi connectivity index (χ2n) is 4.23. The van der Waals surface area contributed by atoms with E-state index in [4.69, 9.17) is 17.3 Å². The maximum Gasteiger partial charge on any atom is 0.236 e. The van der Waals surface area contributed by atoms with Gasteiger partial charge in [0.15, 0.2) is 0 Å². The second-order valence-corrected chi connectivity index (χ2v) is 7.28. The molecule has 0 heterocycles. The van der Waals surface area contributed by atoms with Gasteiger partial charge in [-0.25, -0.2) is 8.42 Å². The molecule has 2 aromatic rings. The molecule has 4 nitrogen and oxygen atoms in total. The first kappa shape index (κ1) is 15.2. The highest BCUT2D eigenvalue weighted by Crippen LogP contribution is 2.27. The van der Waals surface area contributed by atoms with E-state index in [0.717, 1.165) is 4.47 Å². The van der Waals surface area contributed by atoms with Crippen LogP contribution in [0.4, 0.5) is 11.4 Å². The van der Waals surface area contributed by atoms with Crippen LogP contribution in [0.25, 0.3) is 0 Å². The van der Waals surface area contributed by atoms with Crippen molar-refractivity contribution in [3.63, 3.8) is 0 Å². The maximum absolute atomic E-state index is 12.1. The molecular weight excluding hydrogens is 364 g/mol. The number of anilines is 2. The van der Waals surface area contributed by atoms with Gasteiger partial charge in [-0.3, -0.25) is 4.72 Å². The van der Waals surface area contributed by atoms with Crippen molar-refractivity contribution in [1.82, 2.24) is 0 Å². The lowest BCUT2D eigenvalue weighted by Crippen LogP contribution is -2.15. The summed E-state index contributed by atoms with van der Waals surface area (Å²) in [6.07, 6.45) is 0. The van der Waals surface area contributed by atoms with Gasteiger partial charge in [0.1, 0.15) is 0 Å². The molecule has 0 aromatic heterocycles. The van der Waals surface area contributed by atoms with E-state index in [1.807, 2.05) is 0 Å². The Hall–Kier alpha value is -1.24. The number of nitrogens with one attached hydrogen (secondary N) is 1. The third-order valence-corrected chi connectivity index (χ3v) is 4.55. The topological polar surface area (TPSA) is 72.2 Å². The number of nitrogens with two attached hydrogens (primary N) is 1. The summed E-state index contributed by atoms with van der Waals surface area (Å²) in [5.41, 5.74) is 7.12. The SMILES string of the molecule is Nc1cccc(CS(=O)(=O)Nc2ccc(Br)cc2Cl)c1. The number of benzene rings is 2. The zero-order valence-corrected chi connectivity index (χ0v) is 13.5. The summed E-state index contributed by atoms with van der Waals surface area (Å²) in [5.74, 6) is -0.162. The van der Waals surface area contributed by atoms with E-state index in [2.05, 4.69) is 20.7 Å². The lowest BCUT2D eigenvalue weighted by molar-refractivity contribution is 0.600. The van der Waals surface area contributed by atoms with Crippen LogP contribution in [-0.2, 0) is 15.8 Å². The average Bonchev–Trinajstić information content (AvgIpc) is 2.32. The Labute approximate surface area is 131 Å². The summed E-state index contributed by atoms with van der Waals surface area (Å²) >= 11 is 9.25. The van der Waals surface area contributed by atoms with Gasteiger partial charge in [-0.2, -0.15) is 0 Å². The molecule has 3 N–H and O–H groups in total. The van der Waals surface area contributed by atoms with Crippen LogP contribution in [0.2, 0.25) is 5.02 Å². The van der Waals surface area contributed by atoms with E-state index in [1.54, 1.807) is 42.5 Å². The summed E-state index contributed by atoms with van der Waals surface area (Å²) in [6.45, 7) is 0. The molecule has 0 fully saturated rings. The fraction of sp³-hybridized carbons (Fsp3) is 0.0769. The van der Waals surface area contributed by atoms with Crippen LogP contribution in [0, 0.1) is 0 Å². The summed E-state index contributed by atoms with van der Waals surface area (Å²) in [4.78, 5) is 0. The molecule has 0 radical (unpaired) electrons. The fourth-order valence-corrected chi connectivity index (χ4v) is 3.66. The summed E-state index contributed by atoms with van der Waals surface area (Å²) in [6, 6.07) is 11.7. The highest BCUT2D eigenvalue weighted by Gasteiger charge is 2.14. The van der Waals surface area contributed by atoms with Crippen LogP contribution in [0.5, 0.6) is 0 Å². The van der Waals surface area contributed by atoms with Gasteiger partial charge in [-0.05, 0) is 35.9 Å². The van der Waals surface area contributed by atoms with Crippen LogP contribution in [-0.4, -0.2) is 8.42 Å². The molecule has 0 amide bonds. The highest BCUT2D eigenvalue weighted by atomic mass is 79.9. The number of halogens is 2. The molecular formula is C13H12BrClN2O2S. The van der Waals surface area contributed by atoms with Crippen LogP contribution >= 0.6 is 27.5 Å². The Bertz CT molecular complexity index is 735. The minimum Gasteiger partial charge on any atom is -0.399 e. The van der Waals surface area contributed by atoms with E-state index in [1.165, 1.54) is 0 Å². The monoisotopic (exact) mass is 374 g/mol. The molecule has 0 spiro atoms. The van der Waals surface area contributed by atoms with Gasteiger partial charge >= 0.3 is 0 Å². The van der Waals surface area contributed by atoms with Crippen molar-refractivity contribution in [2.45, 2.75) is 5.75 Å². The van der Waals surface area contributed by atoms with E-state index in [0.29, 0.717) is 22.0 Å². The summed E-state index contributed by atoms with van der Waals surface area (Å²) in [5, 5.41) is 0.329. The van der Waals surface area contributed by atoms with Gasteiger partial charge in [-0.1, -0.05) is 39.7 Å². The molecule has 106 valence electrons. The molecule has 0 aliphatic heterocycles. The molecule has 0 saturated heterocycles. The molecule has 0 atom stereocenters. The van der Waals surface area contributed by atoms with E-state index in [-0.39, 0.29) is 5.75 Å². The van der Waals surface area contributed by atoms with Crippen LogP contribution in [0.15, 0.2) is 46.9 Å². The third-order valence-electron chi connectivity index (χ3n) is 2.50. The van der Waals surface area contributed by atoms with Gasteiger partial charge in [0, 0.05) is 10.2 Å². The first-order chi connectivity index (χ1) is 9.35. The highest BCUT2D eigenvalue weighted by molar-refractivity contribution is 9.10. The quantitative estimate of drug-likeness (QED) is 0.802. The lowest BCUT2D eigenvalue weighted by atomic mass is 10.2. The molecule has 20 heavy (non-hydrogen) atoms. The van der Waals surface area contributed by atoms with Crippen molar-refractivity contribution in [3.05, 3.63) is 57.5 Å². The predicted molar refractivity (Wildman–Crippen MR) is 86.3 cm³/mol.